The number of urea groups is 1. The Balaban J connectivity index is 1.85. The number of likely N-dealkylation sites (tertiary alicyclic amines) is 1. The molecule has 0 spiro atoms. The summed E-state index contributed by atoms with van der Waals surface area (Å²) in [5.41, 5.74) is 12.2. The highest BCUT2D eigenvalue weighted by Gasteiger charge is 2.30. The van der Waals surface area contributed by atoms with E-state index in [0.29, 0.717) is 17.1 Å². The number of amides is 3. The first-order valence-corrected chi connectivity index (χ1v) is 7.21. The number of nitrogens with one attached hydrogen (secondary N) is 1. The van der Waals surface area contributed by atoms with Gasteiger partial charge < -0.3 is 26.8 Å². The second-order valence-electron chi connectivity index (χ2n) is 5.43. The van der Waals surface area contributed by atoms with Gasteiger partial charge in [-0.05, 0) is 24.3 Å². The average molecular weight is 328 g/mol. The number of β-amino-alcohol motifs (C(OH)–C–C–N with tert-alkyl or cyclic N) is 1. The van der Waals surface area contributed by atoms with E-state index in [9.17, 15) is 14.7 Å². The van der Waals surface area contributed by atoms with Crippen LogP contribution in [0.5, 0.6) is 0 Å². The summed E-state index contributed by atoms with van der Waals surface area (Å²) in [5, 5.41) is 11.7. The van der Waals surface area contributed by atoms with Gasteiger partial charge in [0, 0.05) is 30.4 Å². The van der Waals surface area contributed by atoms with E-state index in [4.69, 9.17) is 11.5 Å². The van der Waals surface area contributed by atoms with Crippen molar-refractivity contribution in [2.45, 2.75) is 6.10 Å². The minimum atomic E-state index is -0.660. The van der Waals surface area contributed by atoms with Crippen molar-refractivity contribution >= 4 is 23.4 Å². The molecule has 1 aliphatic heterocycles. The van der Waals surface area contributed by atoms with Gasteiger partial charge in [-0.2, -0.15) is 0 Å². The fourth-order valence-corrected chi connectivity index (χ4v) is 2.33. The maximum Gasteiger partial charge on any atom is 0.316 e. The molecule has 3 amide bonds. The number of hydrogen-bond acceptors (Lipinski definition) is 6. The van der Waals surface area contributed by atoms with E-state index >= 15 is 0 Å². The van der Waals surface area contributed by atoms with Gasteiger partial charge in [-0.25, -0.2) is 14.8 Å². The number of carbonyl (C=O) groups is 2. The summed E-state index contributed by atoms with van der Waals surface area (Å²) in [6, 6.07) is 7.38. The molecule has 1 fully saturated rings. The lowest BCUT2D eigenvalue weighted by atomic mass is 10.1. The van der Waals surface area contributed by atoms with Crippen LogP contribution < -0.4 is 16.8 Å². The Hall–Kier alpha value is -3.20. The van der Waals surface area contributed by atoms with Gasteiger partial charge in [0.1, 0.15) is 11.5 Å². The van der Waals surface area contributed by atoms with Gasteiger partial charge in [-0.3, -0.25) is 4.79 Å². The number of aliphatic hydroxyl groups excluding tert-OH is 1. The molecule has 1 aromatic carbocycles. The van der Waals surface area contributed by atoms with E-state index in [0.717, 1.165) is 0 Å². The third-order valence-corrected chi connectivity index (χ3v) is 3.53. The van der Waals surface area contributed by atoms with E-state index < -0.39 is 12.1 Å². The van der Waals surface area contributed by atoms with Gasteiger partial charge in [0.25, 0.3) is 5.91 Å². The molecule has 9 nitrogen and oxygen atoms in total. The molecule has 3 rings (SSSR count). The van der Waals surface area contributed by atoms with Crippen LogP contribution in [0.1, 0.15) is 10.5 Å². The number of rotatable bonds is 3. The maximum absolute atomic E-state index is 12.3. The van der Waals surface area contributed by atoms with Gasteiger partial charge in [-0.1, -0.05) is 0 Å². The van der Waals surface area contributed by atoms with Crippen molar-refractivity contribution in [3.63, 3.8) is 0 Å². The molecule has 6 N–H and O–H groups in total. The van der Waals surface area contributed by atoms with Gasteiger partial charge in [0.05, 0.1) is 6.10 Å². The molecule has 24 heavy (non-hydrogen) atoms. The first-order valence-electron chi connectivity index (χ1n) is 7.21. The topological polar surface area (TPSA) is 147 Å². The van der Waals surface area contributed by atoms with Crippen molar-refractivity contribution < 1.29 is 14.7 Å². The van der Waals surface area contributed by atoms with Gasteiger partial charge in [0.15, 0.2) is 5.82 Å². The lowest BCUT2D eigenvalue weighted by Gasteiger charge is -2.35. The molecule has 124 valence electrons. The summed E-state index contributed by atoms with van der Waals surface area (Å²) < 4.78 is 0. The number of anilines is 2. The Bertz CT molecular complexity index is 786. The highest BCUT2D eigenvalue weighted by atomic mass is 16.3. The van der Waals surface area contributed by atoms with Crippen LogP contribution in [0.2, 0.25) is 0 Å². The minimum Gasteiger partial charge on any atom is -0.389 e. The van der Waals surface area contributed by atoms with E-state index in [2.05, 4.69) is 15.3 Å². The van der Waals surface area contributed by atoms with Gasteiger partial charge >= 0.3 is 6.03 Å². The second-order valence-corrected chi connectivity index (χ2v) is 5.43. The summed E-state index contributed by atoms with van der Waals surface area (Å²) in [7, 11) is 0. The molecule has 0 radical (unpaired) electrons. The number of aromatic nitrogens is 2. The minimum absolute atomic E-state index is 0.170. The predicted octanol–water partition coefficient (Wildman–Crippen LogP) is 0.0331. The Labute approximate surface area is 137 Å². The summed E-state index contributed by atoms with van der Waals surface area (Å²) in [5.74, 6) is 0.163. The van der Waals surface area contributed by atoms with E-state index in [1.807, 2.05) is 0 Å². The molecule has 0 bridgehead atoms. The van der Waals surface area contributed by atoms with Crippen LogP contribution >= 0.6 is 0 Å². The van der Waals surface area contributed by atoms with Gasteiger partial charge in [-0.15, -0.1) is 0 Å². The van der Waals surface area contributed by atoms with Crippen molar-refractivity contribution in [3.05, 3.63) is 36.0 Å². The number of primary amides is 1. The van der Waals surface area contributed by atoms with Crippen LogP contribution in [0.3, 0.4) is 0 Å². The maximum atomic E-state index is 12.3. The summed E-state index contributed by atoms with van der Waals surface area (Å²) in [6.07, 6.45) is -0.488. The highest BCUT2D eigenvalue weighted by Crippen LogP contribution is 2.21. The van der Waals surface area contributed by atoms with Crippen molar-refractivity contribution in [1.29, 1.82) is 0 Å². The van der Waals surface area contributed by atoms with Crippen molar-refractivity contribution in [2.75, 3.05) is 24.1 Å². The molecule has 1 saturated heterocycles. The molecule has 9 heteroatoms. The fourth-order valence-electron chi connectivity index (χ4n) is 2.33. The van der Waals surface area contributed by atoms with E-state index in [1.54, 1.807) is 24.3 Å². The summed E-state index contributed by atoms with van der Waals surface area (Å²) in [4.78, 5) is 33.0. The zero-order chi connectivity index (χ0) is 17.3. The molecule has 0 atom stereocenters. The number of carbonyl (C=O) groups excluding carboxylic acids is 2. The number of aliphatic hydroxyl groups is 1. The molecule has 0 aliphatic carbocycles. The zero-order valence-electron chi connectivity index (χ0n) is 12.6. The molecule has 2 heterocycles. The van der Waals surface area contributed by atoms with Crippen molar-refractivity contribution in [3.8, 4) is 11.4 Å². The Morgan fingerprint density at radius 1 is 1.21 bits per heavy atom. The zero-order valence-corrected chi connectivity index (χ0v) is 12.6. The molecule has 0 unspecified atom stereocenters. The van der Waals surface area contributed by atoms with Crippen LogP contribution in [0.4, 0.5) is 16.3 Å². The third-order valence-electron chi connectivity index (χ3n) is 3.53. The van der Waals surface area contributed by atoms with Crippen LogP contribution in [0.25, 0.3) is 11.4 Å². The monoisotopic (exact) mass is 328 g/mol. The Morgan fingerprint density at radius 2 is 1.88 bits per heavy atom. The molecular formula is C15H16N6O3. The van der Waals surface area contributed by atoms with E-state index in [1.165, 1.54) is 11.0 Å². The first-order chi connectivity index (χ1) is 11.4. The predicted molar refractivity (Wildman–Crippen MR) is 87.0 cm³/mol. The van der Waals surface area contributed by atoms with Crippen LogP contribution in [-0.2, 0) is 0 Å². The number of nitrogen functional groups attached to an aromatic ring is 1. The van der Waals surface area contributed by atoms with Crippen LogP contribution in [0, 0.1) is 0 Å². The highest BCUT2D eigenvalue weighted by molar-refractivity contribution is 5.94. The first kappa shape index (κ1) is 15.7. The van der Waals surface area contributed by atoms with Crippen molar-refractivity contribution in [1.82, 2.24) is 14.9 Å². The fraction of sp³-hybridized carbons (Fsp3) is 0.200. The number of hydrogen-bond donors (Lipinski definition) is 4. The summed E-state index contributed by atoms with van der Waals surface area (Å²) in [6.45, 7) is 0.567. The molecule has 2 aromatic rings. The molecular weight excluding hydrogens is 312 g/mol. The standard InChI is InChI=1S/C15H16N6O3/c16-12-5-11(14(23)21-6-10(22)7-21)19-13(20-12)8-1-3-9(4-2-8)18-15(17)24/h1-5,10,22H,6-7H2,(H2,16,19,20)(H3,17,18,24). The van der Waals surface area contributed by atoms with Crippen molar-refractivity contribution in [2.24, 2.45) is 5.73 Å². The Kier molecular flexibility index (Phi) is 4.00. The second kappa shape index (κ2) is 6.13. The lowest BCUT2D eigenvalue weighted by Crippen LogP contribution is -2.53. The SMILES string of the molecule is NC(=O)Nc1ccc(-c2nc(N)cc(C(=O)N3CC(O)C3)n2)cc1. The molecule has 1 aromatic heterocycles. The van der Waals surface area contributed by atoms with Gasteiger partial charge in [0.2, 0.25) is 0 Å². The van der Waals surface area contributed by atoms with E-state index in [-0.39, 0.29) is 30.5 Å². The number of benzene rings is 1. The quantitative estimate of drug-likeness (QED) is 0.625. The third kappa shape index (κ3) is 3.25. The lowest BCUT2D eigenvalue weighted by molar-refractivity contribution is 0.00551. The number of nitrogens with zero attached hydrogens (tertiary/aromatic N) is 3. The smallest absolute Gasteiger partial charge is 0.316 e. The molecule has 1 aliphatic rings. The molecule has 0 saturated carbocycles. The normalized spacial score (nSPS) is 14.1. The largest absolute Gasteiger partial charge is 0.389 e. The van der Waals surface area contributed by atoms with Crippen LogP contribution in [-0.4, -0.2) is 51.1 Å². The Morgan fingerprint density at radius 3 is 2.46 bits per heavy atom. The number of nitrogens with two attached hydrogens (primary N) is 2. The summed E-state index contributed by atoms with van der Waals surface area (Å²) >= 11 is 0. The van der Waals surface area contributed by atoms with Crippen LogP contribution in [0.15, 0.2) is 30.3 Å². The average Bonchev–Trinajstić information content (AvgIpc) is 2.51.